The minimum absolute atomic E-state index is 0.0650. The van der Waals surface area contributed by atoms with Gasteiger partial charge in [0.05, 0.1) is 6.54 Å². The van der Waals surface area contributed by atoms with Crippen molar-refractivity contribution in [1.82, 2.24) is 19.6 Å². The highest BCUT2D eigenvalue weighted by Crippen LogP contribution is 2.48. The summed E-state index contributed by atoms with van der Waals surface area (Å²) in [7, 11) is 1.82. The summed E-state index contributed by atoms with van der Waals surface area (Å²) in [6.45, 7) is 3.34. The third-order valence-electron chi connectivity index (χ3n) is 5.58. The van der Waals surface area contributed by atoms with Crippen LogP contribution in [-0.4, -0.2) is 64.1 Å². The Morgan fingerprint density at radius 3 is 2.68 bits per heavy atom. The van der Waals surface area contributed by atoms with Crippen LogP contribution < -0.4 is 5.32 Å². The number of carbonyl (C=O) groups excluding carboxylic acids is 2. The van der Waals surface area contributed by atoms with E-state index < -0.39 is 0 Å². The highest BCUT2D eigenvalue weighted by Gasteiger charge is 2.45. The van der Waals surface area contributed by atoms with E-state index in [1.807, 2.05) is 30.1 Å². The third kappa shape index (κ3) is 4.42. The van der Waals surface area contributed by atoms with Crippen molar-refractivity contribution in [1.29, 1.82) is 0 Å². The second kappa shape index (κ2) is 8.14. The molecule has 4 rings (SSSR count). The van der Waals surface area contributed by atoms with Crippen LogP contribution in [0.3, 0.4) is 0 Å². The van der Waals surface area contributed by atoms with E-state index in [0.717, 1.165) is 32.5 Å². The summed E-state index contributed by atoms with van der Waals surface area (Å²) < 4.78 is 1.66. The first-order chi connectivity index (χ1) is 13.6. The SMILES string of the molecule is Cn1ccc(NC(=O)CN2CCCN(C(=O)[C@@H]3C[C@H]3c3ccccc3)CC2)n1. The smallest absolute Gasteiger partial charge is 0.239 e. The average Bonchev–Trinajstić information content (AvgIpc) is 3.44. The van der Waals surface area contributed by atoms with Crippen molar-refractivity contribution in [3.05, 3.63) is 48.2 Å². The minimum Gasteiger partial charge on any atom is -0.341 e. The lowest BCUT2D eigenvalue weighted by Crippen LogP contribution is -2.38. The summed E-state index contributed by atoms with van der Waals surface area (Å²) in [5.74, 6) is 1.27. The summed E-state index contributed by atoms with van der Waals surface area (Å²) in [6.07, 6.45) is 3.65. The molecule has 2 amide bonds. The number of hydrogen-bond acceptors (Lipinski definition) is 4. The molecule has 1 aliphatic carbocycles. The van der Waals surface area contributed by atoms with E-state index in [9.17, 15) is 9.59 Å². The molecular formula is C21H27N5O2. The molecule has 0 radical (unpaired) electrons. The van der Waals surface area contributed by atoms with E-state index in [1.165, 1.54) is 5.56 Å². The summed E-state index contributed by atoms with van der Waals surface area (Å²) >= 11 is 0. The van der Waals surface area contributed by atoms with E-state index in [1.54, 1.807) is 16.9 Å². The molecule has 2 fully saturated rings. The van der Waals surface area contributed by atoms with Crippen LogP contribution in [0, 0.1) is 5.92 Å². The van der Waals surface area contributed by atoms with Crippen molar-refractivity contribution in [3.8, 4) is 0 Å². The van der Waals surface area contributed by atoms with Crippen LogP contribution in [0.2, 0.25) is 0 Å². The second-order valence-corrected chi connectivity index (χ2v) is 7.74. The van der Waals surface area contributed by atoms with Gasteiger partial charge in [-0.05, 0) is 24.3 Å². The maximum Gasteiger partial charge on any atom is 0.239 e. The fraction of sp³-hybridized carbons (Fsp3) is 0.476. The third-order valence-corrected chi connectivity index (χ3v) is 5.58. The number of anilines is 1. The van der Waals surface area contributed by atoms with Crippen molar-refractivity contribution in [2.45, 2.75) is 18.8 Å². The Hall–Kier alpha value is -2.67. The lowest BCUT2D eigenvalue weighted by atomic mass is 10.1. The van der Waals surface area contributed by atoms with Crippen LogP contribution in [0.4, 0.5) is 5.82 Å². The lowest BCUT2D eigenvalue weighted by molar-refractivity contribution is -0.132. The average molecular weight is 381 g/mol. The van der Waals surface area contributed by atoms with Crippen LogP contribution in [0.15, 0.2) is 42.6 Å². The Kier molecular flexibility index (Phi) is 5.43. The zero-order valence-electron chi connectivity index (χ0n) is 16.3. The predicted octanol–water partition coefficient (Wildman–Crippen LogP) is 1.70. The van der Waals surface area contributed by atoms with Gasteiger partial charge in [-0.15, -0.1) is 0 Å². The molecule has 0 spiro atoms. The van der Waals surface area contributed by atoms with E-state index in [0.29, 0.717) is 24.8 Å². The number of aryl methyl sites for hydroxylation is 1. The molecule has 7 heteroatoms. The molecule has 0 bridgehead atoms. The second-order valence-electron chi connectivity index (χ2n) is 7.74. The fourth-order valence-electron chi connectivity index (χ4n) is 3.99. The van der Waals surface area contributed by atoms with Crippen LogP contribution in [0.25, 0.3) is 0 Å². The lowest BCUT2D eigenvalue weighted by Gasteiger charge is -2.22. The first kappa shape index (κ1) is 18.7. The highest BCUT2D eigenvalue weighted by molar-refractivity contribution is 5.91. The molecule has 1 aromatic carbocycles. The van der Waals surface area contributed by atoms with Gasteiger partial charge in [0.2, 0.25) is 11.8 Å². The normalized spacial score (nSPS) is 22.5. The number of nitrogens with one attached hydrogen (secondary N) is 1. The standard InChI is InChI=1S/C21H27N5O2/c1-24-11-8-19(23-24)22-20(27)15-25-9-5-10-26(13-12-25)21(28)18-14-17(18)16-6-3-2-4-7-16/h2-4,6-8,11,17-18H,5,9-10,12-15H2,1H3,(H,22,23,27)/t17-,18+/m0/s1. The number of benzene rings is 1. The van der Waals surface area contributed by atoms with Crippen LogP contribution in [0.1, 0.15) is 24.3 Å². The van der Waals surface area contributed by atoms with Gasteiger partial charge in [0.1, 0.15) is 0 Å². The minimum atomic E-state index is -0.0650. The zero-order chi connectivity index (χ0) is 19.5. The molecule has 2 atom stereocenters. The number of amides is 2. The highest BCUT2D eigenvalue weighted by atomic mass is 16.2. The predicted molar refractivity (Wildman–Crippen MR) is 107 cm³/mol. The first-order valence-electron chi connectivity index (χ1n) is 9.96. The van der Waals surface area contributed by atoms with Gasteiger partial charge < -0.3 is 10.2 Å². The van der Waals surface area contributed by atoms with Crippen molar-refractivity contribution in [2.24, 2.45) is 13.0 Å². The Balaban J connectivity index is 1.26. The fourth-order valence-corrected chi connectivity index (χ4v) is 3.99. The van der Waals surface area contributed by atoms with Crippen LogP contribution >= 0.6 is 0 Å². The first-order valence-corrected chi connectivity index (χ1v) is 9.96. The summed E-state index contributed by atoms with van der Waals surface area (Å²) in [6, 6.07) is 12.1. The van der Waals surface area contributed by atoms with Gasteiger partial charge in [0.15, 0.2) is 5.82 Å². The van der Waals surface area contributed by atoms with Gasteiger partial charge in [-0.2, -0.15) is 5.10 Å². The van der Waals surface area contributed by atoms with Gasteiger partial charge in [-0.1, -0.05) is 30.3 Å². The molecule has 2 aliphatic rings. The zero-order valence-corrected chi connectivity index (χ0v) is 16.3. The quantitative estimate of drug-likeness (QED) is 0.856. The molecule has 1 N–H and O–H groups in total. The molecule has 1 saturated carbocycles. The summed E-state index contributed by atoms with van der Waals surface area (Å²) in [5.41, 5.74) is 1.27. The van der Waals surface area contributed by atoms with Crippen molar-refractivity contribution in [3.63, 3.8) is 0 Å². The van der Waals surface area contributed by atoms with Gasteiger partial charge in [0, 0.05) is 51.4 Å². The van der Waals surface area contributed by atoms with Crippen molar-refractivity contribution in [2.75, 3.05) is 38.0 Å². The van der Waals surface area contributed by atoms with Gasteiger partial charge in [-0.3, -0.25) is 19.2 Å². The number of hydrogen-bond donors (Lipinski definition) is 1. The van der Waals surface area contributed by atoms with E-state index in [-0.39, 0.29) is 17.7 Å². The molecule has 1 saturated heterocycles. The van der Waals surface area contributed by atoms with Gasteiger partial charge in [-0.25, -0.2) is 0 Å². The molecule has 148 valence electrons. The maximum absolute atomic E-state index is 12.9. The van der Waals surface area contributed by atoms with E-state index >= 15 is 0 Å². The number of rotatable bonds is 5. The van der Waals surface area contributed by atoms with E-state index in [4.69, 9.17) is 0 Å². The molecule has 1 aromatic heterocycles. The number of nitrogens with zero attached hydrogens (tertiary/aromatic N) is 4. The largest absolute Gasteiger partial charge is 0.341 e. The summed E-state index contributed by atoms with van der Waals surface area (Å²) in [4.78, 5) is 29.2. The van der Waals surface area contributed by atoms with Crippen molar-refractivity contribution < 1.29 is 9.59 Å². The van der Waals surface area contributed by atoms with Gasteiger partial charge in [0.25, 0.3) is 0 Å². The monoisotopic (exact) mass is 381 g/mol. The summed E-state index contributed by atoms with van der Waals surface area (Å²) in [5, 5.41) is 6.99. The number of aromatic nitrogens is 2. The molecular weight excluding hydrogens is 354 g/mol. The number of carbonyl (C=O) groups is 2. The molecule has 7 nitrogen and oxygen atoms in total. The van der Waals surface area contributed by atoms with Gasteiger partial charge >= 0.3 is 0 Å². The molecule has 28 heavy (non-hydrogen) atoms. The Morgan fingerprint density at radius 1 is 1.11 bits per heavy atom. The van der Waals surface area contributed by atoms with Crippen LogP contribution in [0.5, 0.6) is 0 Å². The van der Waals surface area contributed by atoms with E-state index in [2.05, 4.69) is 27.4 Å². The Labute approximate surface area is 165 Å². The topological polar surface area (TPSA) is 70.5 Å². The van der Waals surface area contributed by atoms with Crippen molar-refractivity contribution >= 4 is 17.6 Å². The Bertz CT molecular complexity index is 834. The maximum atomic E-state index is 12.9. The molecule has 0 unspecified atom stereocenters. The molecule has 2 heterocycles. The van der Waals surface area contributed by atoms with Crippen LogP contribution in [-0.2, 0) is 16.6 Å². The Morgan fingerprint density at radius 2 is 1.93 bits per heavy atom. The molecule has 1 aliphatic heterocycles. The molecule has 2 aromatic rings.